The third-order valence-electron chi connectivity index (χ3n) is 4.02. The first-order valence-corrected chi connectivity index (χ1v) is 10.3. The summed E-state index contributed by atoms with van der Waals surface area (Å²) in [5, 5.41) is 5.56. The summed E-state index contributed by atoms with van der Waals surface area (Å²) in [7, 11) is 1.31. The molecule has 1 unspecified atom stereocenters. The molecule has 2 aromatic rings. The predicted octanol–water partition coefficient (Wildman–Crippen LogP) is 3.93. The van der Waals surface area contributed by atoms with Crippen molar-refractivity contribution >= 4 is 51.6 Å². The van der Waals surface area contributed by atoms with Gasteiger partial charge in [0.2, 0.25) is 11.8 Å². The van der Waals surface area contributed by atoms with Crippen LogP contribution in [0, 0.1) is 0 Å². The number of aryl methyl sites for hydroxylation is 1. The second kappa shape index (κ2) is 8.58. The number of amides is 2. The first-order chi connectivity index (χ1) is 13.0. The highest BCUT2D eigenvalue weighted by molar-refractivity contribution is 8.01. The number of methoxy groups -OCH3 is 1. The zero-order valence-corrected chi connectivity index (χ0v) is 16.7. The second-order valence-corrected chi connectivity index (χ2v) is 8.42. The minimum absolute atomic E-state index is 0.0203. The van der Waals surface area contributed by atoms with Gasteiger partial charge in [0.25, 0.3) is 0 Å². The Hall–Kier alpha value is -2.32. The highest BCUT2D eigenvalue weighted by Crippen LogP contribution is 2.37. The molecule has 3 rings (SSSR count). The summed E-state index contributed by atoms with van der Waals surface area (Å²) < 4.78 is 4.80. The number of para-hydroxylation sites is 1. The van der Waals surface area contributed by atoms with E-state index in [0.29, 0.717) is 10.6 Å². The van der Waals surface area contributed by atoms with Crippen LogP contribution >= 0.6 is 23.1 Å². The van der Waals surface area contributed by atoms with Crippen LogP contribution in [-0.2, 0) is 20.7 Å². The van der Waals surface area contributed by atoms with Gasteiger partial charge in [-0.1, -0.05) is 25.5 Å². The van der Waals surface area contributed by atoms with Gasteiger partial charge in [-0.3, -0.25) is 9.59 Å². The average Bonchev–Trinajstić information content (AvgIpc) is 3.04. The van der Waals surface area contributed by atoms with Crippen molar-refractivity contribution in [3.63, 3.8) is 0 Å². The number of rotatable bonds is 6. The van der Waals surface area contributed by atoms with Crippen LogP contribution in [0.3, 0.4) is 0 Å². The first kappa shape index (κ1) is 19.4. The van der Waals surface area contributed by atoms with E-state index in [2.05, 4.69) is 10.6 Å². The van der Waals surface area contributed by atoms with Gasteiger partial charge in [-0.2, -0.15) is 0 Å². The SMILES string of the molecule is CCCc1cc(C(=O)OC)c(NC(=O)CC2Sc3ccccc3NC2=O)s1. The number of thioether (sulfide) groups is 1. The maximum Gasteiger partial charge on any atom is 0.340 e. The standard InChI is InChI=1S/C19H20N2O4S2/c1-3-6-11-9-12(19(24)25-2)18(26-11)21-16(22)10-15-17(23)20-13-7-4-5-8-14(13)27-15/h4-5,7-9,15H,3,6,10H2,1-2H3,(H,20,23)(H,21,22). The fourth-order valence-electron chi connectivity index (χ4n) is 2.74. The Bertz CT molecular complexity index is 878. The summed E-state index contributed by atoms with van der Waals surface area (Å²) in [6.45, 7) is 2.05. The van der Waals surface area contributed by atoms with Crippen molar-refractivity contribution < 1.29 is 19.1 Å². The van der Waals surface area contributed by atoms with E-state index in [1.165, 1.54) is 30.2 Å². The lowest BCUT2D eigenvalue weighted by Crippen LogP contribution is -2.32. The van der Waals surface area contributed by atoms with Crippen molar-refractivity contribution in [1.29, 1.82) is 0 Å². The number of fused-ring (bicyclic) bond motifs is 1. The van der Waals surface area contributed by atoms with Crippen LogP contribution in [0.15, 0.2) is 35.2 Å². The number of carbonyl (C=O) groups is 3. The second-order valence-electron chi connectivity index (χ2n) is 6.04. The van der Waals surface area contributed by atoms with Crippen molar-refractivity contribution in [1.82, 2.24) is 0 Å². The van der Waals surface area contributed by atoms with Crippen molar-refractivity contribution in [2.24, 2.45) is 0 Å². The van der Waals surface area contributed by atoms with Gasteiger partial charge in [0.05, 0.1) is 23.6 Å². The molecular weight excluding hydrogens is 384 g/mol. The van der Waals surface area contributed by atoms with Crippen molar-refractivity contribution in [3.8, 4) is 0 Å². The quantitative estimate of drug-likeness (QED) is 0.713. The smallest absolute Gasteiger partial charge is 0.340 e. The number of anilines is 2. The number of hydrogen-bond acceptors (Lipinski definition) is 6. The fourth-order valence-corrected chi connectivity index (χ4v) is 5.01. The Balaban J connectivity index is 1.71. The van der Waals surface area contributed by atoms with Gasteiger partial charge in [0.1, 0.15) is 5.00 Å². The molecule has 0 bridgehead atoms. The molecule has 2 N–H and O–H groups in total. The zero-order chi connectivity index (χ0) is 19.4. The molecule has 1 aromatic carbocycles. The molecule has 1 atom stereocenters. The van der Waals surface area contributed by atoms with Crippen molar-refractivity contribution in [3.05, 3.63) is 40.8 Å². The highest BCUT2D eigenvalue weighted by Gasteiger charge is 2.29. The molecule has 2 heterocycles. The summed E-state index contributed by atoms with van der Waals surface area (Å²) >= 11 is 2.74. The third kappa shape index (κ3) is 4.51. The summed E-state index contributed by atoms with van der Waals surface area (Å²) in [5.41, 5.74) is 1.12. The summed E-state index contributed by atoms with van der Waals surface area (Å²) in [4.78, 5) is 38.7. The van der Waals surface area contributed by atoms with E-state index in [4.69, 9.17) is 4.74 Å². The van der Waals surface area contributed by atoms with Gasteiger partial charge >= 0.3 is 5.97 Å². The number of hydrogen-bond donors (Lipinski definition) is 2. The molecule has 2 amide bonds. The molecule has 27 heavy (non-hydrogen) atoms. The van der Waals surface area contributed by atoms with E-state index < -0.39 is 11.2 Å². The zero-order valence-electron chi connectivity index (χ0n) is 15.0. The van der Waals surface area contributed by atoms with Gasteiger partial charge in [-0.25, -0.2) is 4.79 Å². The van der Waals surface area contributed by atoms with Crippen LogP contribution < -0.4 is 10.6 Å². The Morgan fingerprint density at radius 1 is 1.30 bits per heavy atom. The van der Waals surface area contributed by atoms with E-state index in [1.807, 2.05) is 31.2 Å². The van der Waals surface area contributed by atoms with Crippen molar-refractivity contribution in [2.45, 2.75) is 36.3 Å². The van der Waals surface area contributed by atoms with Crippen LogP contribution in [0.25, 0.3) is 0 Å². The van der Waals surface area contributed by atoms with E-state index in [-0.39, 0.29) is 18.2 Å². The molecule has 0 saturated carbocycles. The van der Waals surface area contributed by atoms with Crippen LogP contribution in [0.1, 0.15) is 35.0 Å². The number of carbonyl (C=O) groups excluding carboxylic acids is 3. The molecule has 6 nitrogen and oxygen atoms in total. The topological polar surface area (TPSA) is 84.5 Å². The molecule has 1 aliphatic rings. The number of nitrogens with one attached hydrogen (secondary N) is 2. The molecule has 1 aromatic heterocycles. The maximum absolute atomic E-state index is 12.5. The molecule has 0 spiro atoms. The predicted molar refractivity (Wildman–Crippen MR) is 108 cm³/mol. The molecule has 0 aliphatic carbocycles. The Morgan fingerprint density at radius 3 is 2.81 bits per heavy atom. The molecule has 0 fully saturated rings. The van der Waals surface area contributed by atoms with E-state index in [0.717, 1.165) is 28.3 Å². The van der Waals surface area contributed by atoms with Crippen LogP contribution in [-0.4, -0.2) is 30.1 Å². The maximum atomic E-state index is 12.5. The van der Waals surface area contributed by atoms with E-state index in [9.17, 15) is 14.4 Å². The van der Waals surface area contributed by atoms with Crippen LogP contribution in [0.5, 0.6) is 0 Å². The van der Waals surface area contributed by atoms with Crippen LogP contribution in [0.2, 0.25) is 0 Å². The Labute approximate surface area is 165 Å². The van der Waals surface area contributed by atoms with E-state index in [1.54, 1.807) is 6.07 Å². The van der Waals surface area contributed by atoms with E-state index >= 15 is 0 Å². The molecule has 142 valence electrons. The van der Waals surface area contributed by atoms with Gasteiger partial charge in [-0.15, -0.1) is 23.1 Å². The number of ether oxygens (including phenoxy) is 1. The lowest BCUT2D eigenvalue weighted by Gasteiger charge is -2.23. The van der Waals surface area contributed by atoms with Crippen LogP contribution in [0.4, 0.5) is 10.7 Å². The monoisotopic (exact) mass is 404 g/mol. The largest absolute Gasteiger partial charge is 0.465 e. The molecule has 0 radical (unpaired) electrons. The lowest BCUT2D eigenvalue weighted by molar-refractivity contribution is -0.120. The molecule has 0 saturated heterocycles. The minimum atomic E-state index is -0.517. The number of benzene rings is 1. The Kier molecular flexibility index (Phi) is 6.18. The van der Waals surface area contributed by atoms with Gasteiger partial charge in [0, 0.05) is 16.2 Å². The molecule has 8 heteroatoms. The van der Waals surface area contributed by atoms with Gasteiger partial charge in [0.15, 0.2) is 0 Å². The van der Waals surface area contributed by atoms with Gasteiger partial charge in [-0.05, 0) is 24.6 Å². The number of esters is 1. The minimum Gasteiger partial charge on any atom is -0.465 e. The Morgan fingerprint density at radius 2 is 2.07 bits per heavy atom. The third-order valence-corrected chi connectivity index (χ3v) is 6.40. The number of thiophene rings is 1. The summed E-state index contributed by atoms with van der Waals surface area (Å²) in [5.74, 6) is -0.986. The first-order valence-electron chi connectivity index (χ1n) is 8.59. The normalized spacial score (nSPS) is 15.6. The summed E-state index contributed by atoms with van der Waals surface area (Å²) in [6.07, 6.45) is 1.78. The molecule has 1 aliphatic heterocycles. The van der Waals surface area contributed by atoms with Crippen molar-refractivity contribution in [2.75, 3.05) is 17.7 Å². The highest BCUT2D eigenvalue weighted by atomic mass is 32.2. The molecular formula is C19H20N2O4S2. The summed E-state index contributed by atoms with van der Waals surface area (Å²) in [6, 6.07) is 9.25. The van der Waals surface area contributed by atoms with Gasteiger partial charge < -0.3 is 15.4 Å². The fraction of sp³-hybridized carbons (Fsp3) is 0.316. The lowest BCUT2D eigenvalue weighted by atomic mass is 10.2. The average molecular weight is 405 g/mol.